The van der Waals surface area contributed by atoms with Crippen LogP contribution in [0.2, 0.25) is 0 Å². The van der Waals surface area contributed by atoms with Gasteiger partial charge in [-0.25, -0.2) is 0 Å². The number of benzene rings is 1. The Morgan fingerprint density at radius 3 is 2.82 bits per heavy atom. The van der Waals surface area contributed by atoms with Crippen LogP contribution in [0.5, 0.6) is 0 Å². The molecule has 0 amide bonds. The zero-order valence-electron chi connectivity index (χ0n) is 6.39. The van der Waals surface area contributed by atoms with Crippen molar-refractivity contribution in [2.75, 3.05) is 12.8 Å². The topological polar surface area (TPSA) is 38.0 Å². The van der Waals surface area contributed by atoms with Crippen LogP contribution in [0.25, 0.3) is 0 Å². The first-order valence-electron chi connectivity index (χ1n) is 3.42. The Hall–Kier alpha value is -0.540. The molecule has 1 aromatic rings. The van der Waals surface area contributed by atoms with Crippen LogP contribution in [-0.4, -0.2) is 7.05 Å². The number of nitrogens with two attached hydrogens (primary N) is 1. The Balaban J connectivity index is 2.86. The van der Waals surface area contributed by atoms with E-state index >= 15 is 0 Å². The van der Waals surface area contributed by atoms with E-state index in [-0.39, 0.29) is 0 Å². The van der Waals surface area contributed by atoms with Crippen molar-refractivity contribution in [1.82, 2.24) is 5.32 Å². The predicted octanol–water partition coefficient (Wildman–Crippen LogP) is 1.75. The van der Waals surface area contributed by atoms with Gasteiger partial charge in [0.15, 0.2) is 0 Å². The molecular weight excluding hydrogens is 204 g/mol. The summed E-state index contributed by atoms with van der Waals surface area (Å²) in [5.74, 6) is 0. The number of hydrogen-bond acceptors (Lipinski definition) is 2. The zero-order valence-corrected chi connectivity index (χ0v) is 7.98. The molecule has 60 valence electrons. The summed E-state index contributed by atoms with van der Waals surface area (Å²) in [7, 11) is 1.92. The molecule has 0 aliphatic carbocycles. The highest BCUT2D eigenvalue weighted by atomic mass is 79.9. The van der Waals surface area contributed by atoms with Crippen molar-refractivity contribution in [2.24, 2.45) is 0 Å². The summed E-state index contributed by atoms with van der Waals surface area (Å²) in [6, 6.07) is 5.93. The number of nitrogen functional groups attached to an aromatic ring is 1. The van der Waals surface area contributed by atoms with Gasteiger partial charge in [0.2, 0.25) is 0 Å². The van der Waals surface area contributed by atoms with Crippen LogP contribution in [0.4, 0.5) is 5.69 Å². The Labute approximate surface area is 74.9 Å². The minimum Gasteiger partial charge on any atom is -0.398 e. The first-order valence-corrected chi connectivity index (χ1v) is 4.22. The van der Waals surface area contributed by atoms with E-state index in [2.05, 4.69) is 21.2 Å². The van der Waals surface area contributed by atoms with Crippen LogP contribution in [0.1, 0.15) is 5.56 Å². The quantitative estimate of drug-likeness (QED) is 0.737. The Morgan fingerprint density at radius 2 is 2.27 bits per heavy atom. The minimum absolute atomic E-state index is 0.782. The molecule has 11 heavy (non-hydrogen) atoms. The maximum atomic E-state index is 5.62. The monoisotopic (exact) mass is 214 g/mol. The van der Waals surface area contributed by atoms with Crippen molar-refractivity contribution in [2.45, 2.75) is 6.54 Å². The van der Waals surface area contributed by atoms with Crippen molar-refractivity contribution >= 4 is 21.6 Å². The standard InChI is InChI=1S/C8H11BrN2/c1-11-5-6-2-3-8(10)7(9)4-6/h2-4,11H,5,10H2,1H3. The molecular formula is C8H11BrN2. The molecule has 1 rings (SSSR count). The first kappa shape index (κ1) is 8.56. The van der Waals surface area contributed by atoms with Gasteiger partial charge in [-0.05, 0) is 40.7 Å². The third-order valence-corrected chi connectivity index (χ3v) is 2.13. The summed E-state index contributed by atoms with van der Waals surface area (Å²) in [5, 5.41) is 3.07. The second kappa shape index (κ2) is 3.74. The molecule has 2 nitrogen and oxygen atoms in total. The molecule has 0 heterocycles. The van der Waals surface area contributed by atoms with E-state index in [0.717, 1.165) is 16.7 Å². The van der Waals surface area contributed by atoms with Crippen LogP contribution in [0, 0.1) is 0 Å². The van der Waals surface area contributed by atoms with Crippen molar-refractivity contribution < 1.29 is 0 Å². The maximum absolute atomic E-state index is 5.62. The molecule has 0 aliphatic rings. The normalized spacial score (nSPS) is 10.0. The number of halogens is 1. The van der Waals surface area contributed by atoms with E-state index in [4.69, 9.17) is 5.73 Å². The number of nitrogens with one attached hydrogen (secondary N) is 1. The molecule has 3 heteroatoms. The van der Waals surface area contributed by atoms with Gasteiger partial charge in [0, 0.05) is 16.7 Å². The van der Waals surface area contributed by atoms with E-state index in [1.807, 2.05) is 25.2 Å². The van der Waals surface area contributed by atoms with E-state index in [0.29, 0.717) is 0 Å². The lowest BCUT2D eigenvalue weighted by molar-refractivity contribution is 0.817. The molecule has 0 atom stereocenters. The molecule has 1 aromatic carbocycles. The highest BCUT2D eigenvalue weighted by molar-refractivity contribution is 9.10. The Bertz CT molecular complexity index is 248. The fourth-order valence-electron chi connectivity index (χ4n) is 0.885. The molecule has 0 spiro atoms. The average molecular weight is 215 g/mol. The second-order valence-electron chi connectivity index (χ2n) is 2.39. The Morgan fingerprint density at radius 1 is 1.55 bits per heavy atom. The molecule has 0 bridgehead atoms. The van der Waals surface area contributed by atoms with Crippen LogP contribution < -0.4 is 11.1 Å². The van der Waals surface area contributed by atoms with Gasteiger partial charge in [0.1, 0.15) is 0 Å². The fourth-order valence-corrected chi connectivity index (χ4v) is 1.31. The summed E-state index contributed by atoms with van der Waals surface area (Å²) in [4.78, 5) is 0. The average Bonchev–Trinajstić information content (AvgIpc) is 1.98. The van der Waals surface area contributed by atoms with Crippen molar-refractivity contribution in [3.8, 4) is 0 Å². The Kier molecular flexibility index (Phi) is 2.91. The van der Waals surface area contributed by atoms with Crippen LogP contribution in [0.15, 0.2) is 22.7 Å². The molecule has 0 saturated carbocycles. The van der Waals surface area contributed by atoms with Gasteiger partial charge in [-0.2, -0.15) is 0 Å². The number of anilines is 1. The summed E-state index contributed by atoms with van der Waals surface area (Å²) in [6.45, 7) is 0.874. The largest absolute Gasteiger partial charge is 0.398 e. The molecule has 0 radical (unpaired) electrons. The van der Waals surface area contributed by atoms with Gasteiger partial charge in [-0.3, -0.25) is 0 Å². The minimum atomic E-state index is 0.782. The predicted molar refractivity (Wildman–Crippen MR) is 51.3 cm³/mol. The summed E-state index contributed by atoms with van der Waals surface area (Å²) in [6.07, 6.45) is 0. The molecule has 0 aromatic heterocycles. The third kappa shape index (κ3) is 2.20. The van der Waals surface area contributed by atoms with Gasteiger partial charge in [0.05, 0.1) is 0 Å². The molecule has 0 fully saturated rings. The second-order valence-corrected chi connectivity index (χ2v) is 3.24. The number of rotatable bonds is 2. The summed E-state index contributed by atoms with van der Waals surface area (Å²) >= 11 is 3.36. The summed E-state index contributed by atoms with van der Waals surface area (Å²) in [5.41, 5.74) is 7.63. The van der Waals surface area contributed by atoms with E-state index in [1.54, 1.807) is 0 Å². The van der Waals surface area contributed by atoms with Crippen molar-refractivity contribution in [1.29, 1.82) is 0 Å². The lowest BCUT2D eigenvalue weighted by atomic mass is 10.2. The van der Waals surface area contributed by atoms with Crippen molar-refractivity contribution in [3.63, 3.8) is 0 Å². The lowest BCUT2D eigenvalue weighted by Crippen LogP contribution is -2.04. The smallest absolute Gasteiger partial charge is 0.0458 e. The third-order valence-electron chi connectivity index (χ3n) is 1.45. The van der Waals surface area contributed by atoms with Crippen LogP contribution in [-0.2, 0) is 6.54 Å². The van der Waals surface area contributed by atoms with Crippen LogP contribution in [0.3, 0.4) is 0 Å². The van der Waals surface area contributed by atoms with E-state index in [1.165, 1.54) is 5.56 Å². The SMILES string of the molecule is CNCc1ccc(N)c(Br)c1. The fraction of sp³-hybridized carbons (Fsp3) is 0.250. The highest BCUT2D eigenvalue weighted by Gasteiger charge is 1.95. The van der Waals surface area contributed by atoms with Gasteiger partial charge in [-0.15, -0.1) is 0 Å². The van der Waals surface area contributed by atoms with E-state index in [9.17, 15) is 0 Å². The van der Waals surface area contributed by atoms with Gasteiger partial charge >= 0.3 is 0 Å². The molecule has 0 saturated heterocycles. The molecule has 0 aliphatic heterocycles. The van der Waals surface area contributed by atoms with Gasteiger partial charge in [0.25, 0.3) is 0 Å². The van der Waals surface area contributed by atoms with Crippen molar-refractivity contribution in [3.05, 3.63) is 28.2 Å². The lowest BCUT2D eigenvalue weighted by Gasteiger charge is -2.02. The number of hydrogen-bond donors (Lipinski definition) is 2. The van der Waals surface area contributed by atoms with Gasteiger partial charge in [-0.1, -0.05) is 6.07 Å². The summed E-state index contributed by atoms with van der Waals surface area (Å²) < 4.78 is 0.963. The zero-order chi connectivity index (χ0) is 8.27. The van der Waals surface area contributed by atoms with Crippen LogP contribution >= 0.6 is 15.9 Å². The van der Waals surface area contributed by atoms with Gasteiger partial charge < -0.3 is 11.1 Å². The van der Waals surface area contributed by atoms with E-state index < -0.39 is 0 Å². The molecule has 0 unspecified atom stereocenters. The molecule has 3 N–H and O–H groups in total. The highest BCUT2D eigenvalue weighted by Crippen LogP contribution is 2.19. The maximum Gasteiger partial charge on any atom is 0.0458 e. The first-order chi connectivity index (χ1) is 5.24.